The van der Waals surface area contributed by atoms with E-state index in [1.54, 1.807) is 0 Å². The number of hydrogen-bond acceptors (Lipinski definition) is 1. The van der Waals surface area contributed by atoms with Crippen molar-refractivity contribution in [1.82, 2.24) is 0 Å². The Morgan fingerprint density at radius 1 is 0.522 bits per heavy atom. The van der Waals surface area contributed by atoms with Crippen LogP contribution in [0.2, 0.25) is 0 Å². The van der Waals surface area contributed by atoms with Gasteiger partial charge in [-0.15, -0.1) is 0 Å². The minimum absolute atomic E-state index is 0.887. The van der Waals surface area contributed by atoms with Crippen molar-refractivity contribution < 1.29 is 4.42 Å². The summed E-state index contributed by atoms with van der Waals surface area (Å²) in [4.78, 5) is 0. The number of hydrogen-bond donors (Lipinski definition) is 0. The van der Waals surface area contributed by atoms with Gasteiger partial charge in [0.05, 0.1) is 0 Å². The summed E-state index contributed by atoms with van der Waals surface area (Å²) in [6.07, 6.45) is 2.20. The summed E-state index contributed by atoms with van der Waals surface area (Å²) in [5, 5.41) is 16.3. The molecule has 1 aromatic heterocycles. The summed E-state index contributed by atoms with van der Waals surface area (Å²) in [6, 6.07) is 48.7. The first-order valence-corrected chi connectivity index (χ1v) is 15.9. The summed E-state index contributed by atoms with van der Waals surface area (Å²) in [5.41, 5.74) is 7.49. The van der Waals surface area contributed by atoms with Gasteiger partial charge >= 0.3 is 0 Å². The lowest BCUT2D eigenvalue weighted by Crippen LogP contribution is -2.05. The Morgan fingerprint density at radius 2 is 1.11 bits per heavy atom. The van der Waals surface area contributed by atoms with Crippen molar-refractivity contribution in [3.05, 3.63) is 156 Å². The molecule has 0 amide bonds. The first kappa shape index (κ1) is 25.4. The lowest BCUT2D eigenvalue weighted by atomic mass is 9.89. The molecular weight excluding hydrogens is 556 g/mol. The van der Waals surface area contributed by atoms with Crippen LogP contribution in [-0.2, 0) is 0 Å². The quantitative estimate of drug-likeness (QED) is 0.188. The van der Waals surface area contributed by atoms with E-state index in [0.717, 1.165) is 33.1 Å². The molecule has 0 saturated carbocycles. The summed E-state index contributed by atoms with van der Waals surface area (Å²) in [6.45, 7) is 6.77. The van der Waals surface area contributed by atoms with E-state index in [1.807, 2.05) is 0 Å². The van der Waals surface area contributed by atoms with Crippen LogP contribution in [0.4, 0.5) is 0 Å². The van der Waals surface area contributed by atoms with Gasteiger partial charge in [-0.3, -0.25) is 0 Å². The van der Waals surface area contributed by atoms with E-state index in [4.69, 9.17) is 4.42 Å². The highest BCUT2D eigenvalue weighted by Gasteiger charge is 2.16. The Morgan fingerprint density at radius 3 is 1.85 bits per heavy atom. The molecule has 1 heterocycles. The first-order valence-electron chi connectivity index (χ1n) is 15.9. The van der Waals surface area contributed by atoms with Crippen LogP contribution in [0.1, 0.15) is 18.1 Å². The fraction of sp³-hybridized carbons (Fsp3) is 0.0222. The number of fused-ring (bicyclic) bond motifs is 3. The molecule has 0 aliphatic rings. The van der Waals surface area contributed by atoms with E-state index in [0.29, 0.717) is 0 Å². The van der Waals surface area contributed by atoms with Crippen LogP contribution >= 0.6 is 0 Å². The standard InChI is InChI=1S/C45H28O/c1-3-27-10-11-28-6-4-8-30-14-19-35(44(27)42(28)30)26(2)33-17-22-40-38(24-33)39-25-34(18-23-41(39)46-40)36-20-15-32-13-12-29-7-5-9-31-16-21-37(36)45(32)43(29)31/h3-25H,2H2,1H3/b27-3-. The molecule has 0 spiro atoms. The van der Waals surface area contributed by atoms with Gasteiger partial charge in [0.15, 0.2) is 0 Å². The second-order valence-electron chi connectivity index (χ2n) is 12.5. The maximum absolute atomic E-state index is 6.38. The zero-order valence-corrected chi connectivity index (χ0v) is 25.4. The predicted octanol–water partition coefficient (Wildman–Crippen LogP) is 12.0. The Kier molecular flexibility index (Phi) is 5.13. The second kappa shape index (κ2) is 9.30. The molecule has 46 heavy (non-hydrogen) atoms. The molecule has 10 aromatic rings. The maximum atomic E-state index is 6.38. The molecule has 10 rings (SSSR count). The predicted molar refractivity (Wildman–Crippen MR) is 198 cm³/mol. The van der Waals surface area contributed by atoms with E-state index in [2.05, 4.69) is 153 Å². The summed E-state index contributed by atoms with van der Waals surface area (Å²) < 4.78 is 6.38. The highest BCUT2D eigenvalue weighted by Crippen LogP contribution is 2.41. The molecule has 1 nitrogen and oxygen atoms in total. The molecule has 214 valence electrons. The van der Waals surface area contributed by atoms with Crippen molar-refractivity contribution in [1.29, 1.82) is 0 Å². The Hall–Kier alpha value is -5.92. The second-order valence-corrected chi connectivity index (χ2v) is 12.5. The normalized spacial score (nSPS) is 12.7. The van der Waals surface area contributed by atoms with Gasteiger partial charge in [0, 0.05) is 10.8 Å². The Bertz CT molecular complexity index is 2900. The van der Waals surface area contributed by atoms with E-state index >= 15 is 0 Å². The maximum Gasteiger partial charge on any atom is 0.135 e. The van der Waals surface area contributed by atoms with Crippen LogP contribution in [0.25, 0.3) is 98.6 Å². The van der Waals surface area contributed by atoms with Crippen LogP contribution in [-0.4, -0.2) is 0 Å². The van der Waals surface area contributed by atoms with E-state index < -0.39 is 0 Å². The zero-order chi connectivity index (χ0) is 30.5. The molecule has 0 N–H and O–H groups in total. The lowest BCUT2D eigenvalue weighted by molar-refractivity contribution is 0.669. The minimum atomic E-state index is 0.887. The van der Waals surface area contributed by atoms with Gasteiger partial charge in [-0.1, -0.05) is 122 Å². The van der Waals surface area contributed by atoms with E-state index in [1.165, 1.54) is 75.8 Å². The number of furan rings is 1. The molecule has 0 atom stereocenters. The molecule has 0 fully saturated rings. The third kappa shape index (κ3) is 3.46. The highest BCUT2D eigenvalue weighted by molar-refractivity contribution is 6.25. The van der Waals surface area contributed by atoms with Gasteiger partial charge in [-0.2, -0.15) is 0 Å². The molecule has 9 aromatic carbocycles. The van der Waals surface area contributed by atoms with Crippen molar-refractivity contribution in [2.45, 2.75) is 6.92 Å². The van der Waals surface area contributed by atoms with Gasteiger partial charge < -0.3 is 4.42 Å². The topological polar surface area (TPSA) is 13.1 Å². The van der Waals surface area contributed by atoms with Crippen molar-refractivity contribution in [2.24, 2.45) is 0 Å². The number of benzene rings is 9. The smallest absolute Gasteiger partial charge is 0.135 e. The van der Waals surface area contributed by atoms with Crippen LogP contribution in [0.3, 0.4) is 0 Å². The van der Waals surface area contributed by atoms with Gasteiger partial charge in [-0.25, -0.2) is 0 Å². The van der Waals surface area contributed by atoms with Crippen LogP contribution in [0.5, 0.6) is 0 Å². The third-order valence-corrected chi connectivity index (χ3v) is 10.1. The molecular formula is C45H28O. The largest absolute Gasteiger partial charge is 0.456 e. The Balaban J connectivity index is 1.16. The summed E-state index contributed by atoms with van der Waals surface area (Å²) in [7, 11) is 0. The molecule has 0 unspecified atom stereocenters. The van der Waals surface area contributed by atoms with Crippen molar-refractivity contribution in [3.8, 4) is 11.1 Å². The van der Waals surface area contributed by atoms with Crippen molar-refractivity contribution in [2.75, 3.05) is 0 Å². The van der Waals surface area contributed by atoms with E-state index in [-0.39, 0.29) is 0 Å². The number of rotatable bonds is 3. The molecule has 0 bridgehead atoms. The van der Waals surface area contributed by atoms with E-state index in [9.17, 15) is 0 Å². The average Bonchev–Trinajstić information content (AvgIpc) is 3.48. The third-order valence-electron chi connectivity index (χ3n) is 10.1. The lowest BCUT2D eigenvalue weighted by Gasteiger charge is -2.14. The van der Waals surface area contributed by atoms with Gasteiger partial charge in [0.25, 0.3) is 0 Å². The average molecular weight is 585 g/mol. The van der Waals surface area contributed by atoms with Gasteiger partial charge in [-0.05, 0) is 118 Å². The minimum Gasteiger partial charge on any atom is -0.456 e. The highest BCUT2D eigenvalue weighted by atomic mass is 16.3. The molecule has 1 heteroatoms. The summed E-state index contributed by atoms with van der Waals surface area (Å²) >= 11 is 0. The molecule has 0 aliphatic heterocycles. The molecule has 0 aliphatic carbocycles. The zero-order valence-electron chi connectivity index (χ0n) is 25.4. The van der Waals surface area contributed by atoms with Crippen molar-refractivity contribution >= 4 is 87.4 Å². The Labute approximate surface area is 265 Å². The van der Waals surface area contributed by atoms with Crippen LogP contribution in [0.15, 0.2) is 144 Å². The molecule has 0 radical (unpaired) electrons. The van der Waals surface area contributed by atoms with Crippen LogP contribution < -0.4 is 5.22 Å². The van der Waals surface area contributed by atoms with Gasteiger partial charge in [0.2, 0.25) is 0 Å². The van der Waals surface area contributed by atoms with Crippen molar-refractivity contribution in [3.63, 3.8) is 0 Å². The molecule has 0 saturated heterocycles. The van der Waals surface area contributed by atoms with Crippen LogP contribution in [0, 0.1) is 0 Å². The monoisotopic (exact) mass is 584 g/mol. The fourth-order valence-electron chi connectivity index (χ4n) is 7.88. The summed E-state index contributed by atoms with van der Waals surface area (Å²) in [5.74, 6) is 0. The SMILES string of the molecule is C=C(c1ccc2oc3ccc(-c4ccc5ccc6cccc7ccc4c5c67)cc3c2c1)c1ccc2cccc3cc/c(=C/C)c1c23. The first-order chi connectivity index (χ1) is 22.7. The fourth-order valence-corrected chi connectivity index (χ4v) is 7.88. The van der Waals surface area contributed by atoms with Gasteiger partial charge in [0.1, 0.15) is 11.2 Å².